The van der Waals surface area contributed by atoms with Crippen LogP contribution in [-0.4, -0.2) is 32.7 Å². The Morgan fingerprint density at radius 2 is 2.00 bits per heavy atom. The van der Waals surface area contributed by atoms with E-state index in [9.17, 15) is 14.7 Å². The minimum absolute atomic E-state index is 0.122. The number of ether oxygens (including phenoxy) is 1. The van der Waals surface area contributed by atoms with Gasteiger partial charge in [-0.2, -0.15) is 0 Å². The summed E-state index contributed by atoms with van der Waals surface area (Å²) in [6.07, 6.45) is 3.27. The average molecular weight is 429 g/mol. The molecule has 0 unspecified atom stereocenters. The lowest BCUT2D eigenvalue weighted by Crippen LogP contribution is -2.22. The molecule has 0 saturated carbocycles. The van der Waals surface area contributed by atoms with Crippen LogP contribution < -0.4 is 14.8 Å². The van der Waals surface area contributed by atoms with Gasteiger partial charge in [0.15, 0.2) is 16.5 Å². The fraction of sp³-hybridized carbons (Fsp3) is 0.0500. The summed E-state index contributed by atoms with van der Waals surface area (Å²) in [4.78, 5) is 28.7. The minimum atomic E-state index is -1.00. The smallest absolute Gasteiger partial charge is 0.335 e. The highest BCUT2D eigenvalue weighted by atomic mass is 35.5. The Bertz CT molecular complexity index is 1360. The number of aromatic carboxylic acids is 1. The van der Waals surface area contributed by atoms with Gasteiger partial charge in [0.25, 0.3) is 5.56 Å². The van der Waals surface area contributed by atoms with Crippen LogP contribution in [0, 0.1) is 0 Å². The Labute approximate surface area is 172 Å². The number of benzene rings is 2. The number of nitrogens with zero attached hydrogens (tertiary/aromatic N) is 2. The zero-order valence-electron chi connectivity index (χ0n) is 14.9. The summed E-state index contributed by atoms with van der Waals surface area (Å²) in [6.45, 7) is 0. The minimum Gasteiger partial charge on any atom is -0.503 e. The number of rotatable bonds is 4. The molecule has 2 aromatic heterocycles. The summed E-state index contributed by atoms with van der Waals surface area (Å²) >= 11 is 7.21. The second-order valence-corrected chi connectivity index (χ2v) is 7.55. The van der Waals surface area contributed by atoms with Gasteiger partial charge in [-0.3, -0.25) is 9.20 Å². The van der Waals surface area contributed by atoms with Crippen molar-refractivity contribution >= 4 is 39.9 Å². The van der Waals surface area contributed by atoms with Gasteiger partial charge in [0, 0.05) is 11.8 Å². The number of imidazole rings is 1. The first kappa shape index (κ1) is 19.0. The summed E-state index contributed by atoms with van der Waals surface area (Å²) in [5.41, 5.74) is 1.83. The molecular formula is C20H13ClN2O5S. The third-order valence-corrected chi connectivity index (χ3v) is 5.57. The maximum Gasteiger partial charge on any atom is 0.335 e. The van der Waals surface area contributed by atoms with E-state index in [1.165, 1.54) is 41.0 Å². The fourth-order valence-electron chi connectivity index (χ4n) is 2.84. The molecule has 2 heterocycles. The standard InChI is InChI=1S/C20H13ClN2O5S/c1-28-15-7-10(6-13(21)17(15)24)8-16-18(25)23-9-14(22-20(23)29-16)11-2-4-12(5-3-11)19(26)27/h2-9,24H,1H3,(H,26,27)/b16-8-. The number of phenols is 1. The first-order valence-corrected chi connectivity index (χ1v) is 9.50. The quantitative estimate of drug-likeness (QED) is 0.518. The Hall–Kier alpha value is -3.36. The van der Waals surface area contributed by atoms with Crippen molar-refractivity contribution in [1.82, 2.24) is 9.38 Å². The summed E-state index contributed by atoms with van der Waals surface area (Å²) < 4.78 is 6.97. The van der Waals surface area contributed by atoms with Crippen molar-refractivity contribution in [2.24, 2.45) is 0 Å². The van der Waals surface area contributed by atoms with Crippen molar-refractivity contribution in [3.05, 3.63) is 73.6 Å². The molecule has 4 aromatic rings. The predicted octanol–water partition coefficient (Wildman–Crippen LogP) is 3.04. The number of halogens is 1. The lowest BCUT2D eigenvalue weighted by Gasteiger charge is -2.05. The molecule has 0 saturated heterocycles. The molecular weight excluding hydrogens is 416 g/mol. The Morgan fingerprint density at radius 3 is 2.62 bits per heavy atom. The molecule has 0 spiro atoms. The summed E-state index contributed by atoms with van der Waals surface area (Å²) in [7, 11) is 1.41. The van der Waals surface area contributed by atoms with Gasteiger partial charge >= 0.3 is 5.97 Å². The molecule has 2 aromatic carbocycles. The van der Waals surface area contributed by atoms with E-state index in [1.807, 2.05) is 0 Å². The number of carboxylic acids is 1. The van der Waals surface area contributed by atoms with Crippen LogP contribution in [-0.2, 0) is 0 Å². The number of carboxylic acid groups (broad SMARTS) is 1. The van der Waals surface area contributed by atoms with Crippen LogP contribution in [0.25, 0.3) is 22.3 Å². The van der Waals surface area contributed by atoms with E-state index in [0.717, 1.165) is 0 Å². The Kier molecular flexibility index (Phi) is 4.73. The van der Waals surface area contributed by atoms with Crippen LogP contribution in [0.15, 0.2) is 47.4 Å². The van der Waals surface area contributed by atoms with Crippen molar-refractivity contribution in [1.29, 1.82) is 0 Å². The summed E-state index contributed by atoms with van der Waals surface area (Å²) in [5.74, 6) is -0.951. The zero-order chi connectivity index (χ0) is 20.7. The number of aromatic hydroxyl groups is 1. The lowest BCUT2D eigenvalue weighted by molar-refractivity contribution is 0.0697. The van der Waals surface area contributed by atoms with Gasteiger partial charge in [0.1, 0.15) is 0 Å². The number of methoxy groups -OCH3 is 1. The molecule has 7 nitrogen and oxygen atoms in total. The van der Waals surface area contributed by atoms with E-state index in [0.29, 0.717) is 26.3 Å². The number of carbonyl (C=O) groups is 1. The maximum absolute atomic E-state index is 12.7. The van der Waals surface area contributed by atoms with Gasteiger partial charge in [-0.25, -0.2) is 9.78 Å². The van der Waals surface area contributed by atoms with E-state index < -0.39 is 5.97 Å². The molecule has 0 aliphatic heterocycles. The highest BCUT2D eigenvalue weighted by Gasteiger charge is 2.12. The van der Waals surface area contributed by atoms with Crippen molar-refractivity contribution in [3.8, 4) is 22.8 Å². The molecule has 0 bridgehead atoms. The van der Waals surface area contributed by atoms with Crippen molar-refractivity contribution < 1.29 is 19.7 Å². The number of phenolic OH excluding ortho intramolecular Hbond substituents is 1. The zero-order valence-corrected chi connectivity index (χ0v) is 16.5. The van der Waals surface area contributed by atoms with Crippen LogP contribution in [0.4, 0.5) is 0 Å². The van der Waals surface area contributed by atoms with Crippen LogP contribution in [0.5, 0.6) is 11.5 Å². The van der Waals surface area contributed by atoms with E-state index in [-0.39, 0.29) is 27.6 Å². The Balaban J connectivity index is 1.76. The lowest BCUT2D eigenvalue weighted by atomic mass is 10.1. The number of thiazole rings is 1. The van der Waals surface area contributed by atoms with Gasteiger partial charge in [-0.15, -0.1) is 0 Å². The summed E-state index contributed by atoms with van der Waals surface area (Å²) in [6, 6.07) is 9.40. The molecule has 146 valence electrons. The van der Waals surface area contributed by atoms with Gasteiger partial charge in [-0.05, 0) is 35.9 Å². The van der Waals surface area contributed by atoms with Gasteiger partial charge in [-0.1, -0.05) is 35.1 Å². The average Bonchev–Trinajstić information content (AvgIpc) is 3.24. The monoisotopic (exact) mass is 428 g/mol. The molecule has 0 aliphatic rings. The SMILES string of the molecule is COc1cc(/C=c2\sc3nc(-c4ccc(C(=O)O)cc4)cn3c2=O)cc(Cl)c1O. The van der Waals surface area contributed by atoms with Crippen LogP contribution >= 0.6 is 22.9 Å². The van der Waals surface area contributed by atoms with E-state index in [2.05, 4.69) is 4.98 Å². The second kappa shape index (κ2) is 7.23. The Morgan fingerprint density at radius 1 is 1.28 bits per heavy atom. The van der Waals surface area contributed by atoms with Gasteiger partial charge in [0.05, 0.1) is 27.9 Å². The molecule has 4 rings (SSSR count). The number of aromatic nitrogens is 2. The third kappa shape index (κ3) is 3.43. The topological polar surface area (TPSA) is 101 Å². The fourth-order valence-corrected chi connectivity index (χ4v) is 4.01. The third-order valence-electron chi connectivity index (χ3n) is 4.30. The number of fused-ring (bicyclic) bond motifs is 1. The van der Waals surface area contributed by atoms with Gasteiger partial charge in [0.2, 0.25) is 0 Å². The van der Waals surface area contributed by atoms with E-state index >= 15 is 0 Å². The van der Waals surface area contributed by atoms with Crippen LogP contribution in [0.1, 0.15) is 15.9 Å². The predicted molar refractivity (Wildman–Crippen MR) is 110 cm³/mol. The molecule has 0 aliphatic carbocycles. The molecule has 2 N–H and O–H groups in total. The maximum atomic E-state index is 12.7. The van der Waals surface area contributed by atoms with Crippen molar-refractivity contribution in [3.63, 3.8) is 0 Å². The second-order valence-electron chi connectivity index (χ2n) is 6.13. The normalized spacial score (nSPS) is 11.9. The van der Waals surface area contributed by atoms with Crippen LogP contribution in [0.3, 0.4) is 0 Å². The van der Waals surface area contributed by atoms with E-state index in [4.69, 9.17) is 21.4 Å². The first-order chi connectivity index (χ1) is 13.9. The molecule has 0 amide bonds. The molecule has 9 heteroatoms. The highest BCUT2D eigenvalue weighted by Crippen LogP contribution is 2.35. The number of hydrogen-bond donors (Lipinski definition) is 2. The number of hydrogen-bond acceptors (Lipinski definition) is 6. The highest BCUT2D eigenvalue weighted by molar-refractivity contribution is 7.15. The molecule has 0 atom stereocenters. The largest absolute Gasteiger partial charge is 0.503 e. The molecule has 0 radical (unpaired) electrons. The first-order valence-electron chi connectivity index (χ1n) is 8.31. The van der Waals surface area contributed by atoms with Crippen LogP contribution in [0.2, 0.25) is 5.02 Å². The molecule has 0 fully saturated rings. The summed E-state index contributed by atoms with van der Waals surface area (Å²) in [5, 5.41) is 18.9. The molecule has 29 heavy (non-hydrogen) atoms. The van der Waals surface area contributed by atoms with Crippen molar-refractivity contribution in [2.75, 3.05) is 7.11 Å². The van der Waals surface area contributed by atoms with Crippen molar-refractivity contribution in [2.45, 2.75) is 0 Å². The van der Waals surface area contributed by atoms with Gasteiger partial charge < -0.3 is 14.9 Å². The van der Waals surface area contributed by atoms with E-state index in [1.54, 1.807) is 30.5 Å².